The van der Waals surface area contributed by atoms with Crippen LogP contribution in [0.1, 0.15) is 37.0 Å². The van der Waals surface area contributed by atoms with E-state index in [2.05, 4.69) is 0 Å². The van der Waals surface area contributed by atoms with E-state index in [-0.39, 0.29) is 17.7 Å². The fraction of sp³-hybridized carbons (Fsp3) is 0.556. The summed E-state index contributed by atoms with van der Waals surface area (Å²) in [6.45, 7) is 6.73. The lowest BCUT2D eigenvalue weighted by atomic mass is 9.94. The molecule has 23 heavy (non-hydrogen) atoms. The molecule has 1 aromatic rings. The van der Waals surface area contributed by atoms with Gasteiger partial charge in [-0.15, -0.1) is 0 Å². The van der Waals surface area contributed by atoms with E-state index < -0.39 is 0 Å². The quantitative estimate of drug-likeness (QED) is 0.838. The standard InChI is InChI=1S/C18H26N2O3/c1-4-19(5-2)17(21)14-10-12-20(13-11-14)18(22)15-8-6-7-9-16(15)23-3/h6-9,14H,4-5,10-13H2,1-3H3. The summed E-state index contributed by atoms with van der Waals surface area (Å²) >= 11 is 0. The number of nitrogens with zero attached hydrogens (tertiary/aromatic N) is 2. The van der Waals surface area contributed by atoms with Crippen LogP contribution in [0.2, 0.25) is 0 Å². The molecule has 5 heteroatoms. The van der Waals surface area contributed by atoms with Crippen molar-refractivity contribution in [2.45, 2.75) is 26.7 Å². The number of benzene rings is 1. The van der Waals surface area contributed by atoms with E-state index in [1.54, 1.807) is 19.2 Å². The van der Waals surface area contributed by atoms with E-state index in [1.807, 2.05) is 35.8 Å². The van der Waals surface area contributed by atoms with E-state index in [0.717, 1.165) is 25.9 Å². The minimum atomic E-state index is -0.0174. The van der Waals surface area contributed by atoms with Crippen molar-refractivity contribution in [3.05, 3.63) is 29.8 Å². The maximum absolute atomic E-state index is 12.7. The Morgan fingerprint density at radius 2 is 1.78 bits per heavy atom. The number of rotatable bonds is 5. The van der Waals surface area contributed by atoms with E-state index >= 15 is 0 Å². The zero-order valence-electron chi connectivity index (χ0n) is 14.2. The third-order valence-electron chi connectivity index (χ3n) is 4.54. The predicted octanol–water partition coefficient (Wildman–Crippen LogP) is 2.42. The number of hydrogen-bond donors (Lipinski definition) is 0. The summed E-state index contributed by atoms with van der Waals surface area (Å²) < 4.78 is 5.27. The Bertz CT molecular complexity index is 547. The number of likely N-dealkylation sites (tertiary alicyclic amines) is 1. The van der Waals surface area contributed by atoms with Crippen molar-refractivity contribution in [3.8, 4) is 5.75 Å². The smallest absolute Gasteiger partial charge is 0.257 e. The molecule has 1 aromatic carbocycles. The number of hydrogen-bond acceptors (Lipinski definition) is 3. The second kappa shape index (κ2) is 7.99. The molecule has 5 nitrogen and oxygen atoms in total. The Morgan fingerprint density at radius 1 is 1.17 bits per heavy atom. The maximum atomic E-state index is 12.7. The molecule has 0 spiro atoms. The van der Waals surface area contributed by atoms with Gasteiger partial charge >= 0.3 is 0 Å². The molecule has 0 atom stereocenters. The Morgan fingerprint density at radius 3 is 2.35 bits per heavy atom. The van der Waals surface area contributed by atoms with Crippen molar-refractivity contribution >= 4 is 11.8 Å². The summed E-state index contributed by atoms with van der Waals surface area (Å²) in [4.78, 5) is 28.8. The van der Waals surface area contributed by atoms with Gasteiger partial charge in [-0.05, 0) is 38.8 Å². The molecule has 0 N–H and O–H groups in total. The third-order valence-corrected chi connectivity index (χ3v) is 4.54. The van der Waals surface area contributed by atoms with Crippen LogP contribution in [0.3, 0.4) is 0 Å². The van der Waals surface area contributed by atoms with Crippen LogP contribution in [0, 0.1) is 5.92 Å². The van der Waals surface area contributed by atoms with Gasteiger partial charge in [0.25, 0.3) is 5.91 Å². The lowest BCUT2D eigenvalue weighted by Crippen LogP contribution is -2.44. The molecule has 0 saturated carbocycles. The Hall–Kier alpha value is -2.04. The number of carbonyl (C=O) groups is 2. The van der Waals surface area contributed by atoms with E-state index in [0.29, 0.717) is 24.4 Å². The third kappa shape index (κ3) is 3.84. The van der Waals surface area contributed by atoms with Crippen molar-refractivity contribution in [1.82, 2.24) is 9.80 Å². The SMILES string of the molecule is CCN(CC)C(=O)C1CCN(C(=O)c2ccccc2OC)CC1. The van der Waals surface area contributed by atoms with Crippen molar-refractivity contribution in [2.75, 3.05) is 33.3 Å². The first kappa shape index (κ1) is 17.3. The largest absolute Gasteiger partial charge is 0.496 e. The Kier molecular flexibility index (Phi) is 6.02. The molecule has 0 bridgehead atoms. The van der Waals surface area contributed by atoms with Crippen molar-refractivity contribution < 1.29 is 14.3 Å². The van der Waals surface area contributed by atoms with Crippen LogP contribution in [-0.2, 0) is 4.79 Å². The summed E-state index contributed by atoms with van der Waals surface area (Å²) in [5.41, 5.74) is 0.587. The molecule has 1 saturated heterocycles. The molecule has 1 heterocycles. The average molecular weight is 318 g/mol. The molecule has 1 fully saturated rings. The first-order valence-electron chi connectivity index (χ1n) is 8.33. The normalized spacial score (nSPS) is 15.3. The molecule has 1 aliphatic heterocycles. The molecular weight excluding hydrogens is 292 g/mol. The average Bonchev–Trinajstić information content (AvgIpc) is 2.62. The van der Waals surface area contributed by atoms with Crippen LogP contribution in [0.25, 0.3) is 0 Å². The van der Waals surface area contributed by atoms with Gasteiger partial charge in [0.15, 0.2) is 0 Å². The fourth-order valence-corrected chi connectivity index (χ4v) is 3.11. The van der Waals surface area contributed by atoms with Gasteiger partial charge in [0.1, 0.15) is 5.75 Å². The zero-order valence-corrected chi connectivity index (χ0v) is 14.2. The summed E-state index contributed by atoms with van der Waals surface area (Å²) in [6.07, 6.45) is 1.46. The van der Waals surface area contributed by atoms with Gasteiger partial charge < -0.3 is 14.5 Å². The predicted molar refractivity (Wildman–Crippen MR) is 89.5 cm³/mol. The lowest BCUT2D eigenvalue weighted by molar-refractivity contribution is -0.136. The first-order chi connectivity index (χ1) is 11.1. The number of methoxy groups -OCH3 is 1. The summed E-state index contributed by atoms with van der Waals surface area (Å²) in [5, 5.41) is 0. The molecule has 1 aliphatic rings. The number of carbonyl (C=O) groups excluding carboxylic acids is 2. The van der Waals surface area contributed by atoms with Gasteiger partial charge in [0.2, 0.25) is 5.91 Å². The zero-order chi connectivity index (χ0) is 16.8. The molecule has 0 aliphatic carbocycles. The molecule has 126 valence electrons. The van der Waals surface area contributed by atoms with E-state index in [4.69, 9.17) is 4.74 Å². The topological polar surface area (TPSA) is 49.9 Å². The minimum Gasteiger partial charge on any atom is -0.496 e. The van der Waals surface area contributed by atoms with Crippen LogP contribution < -0.4 is 4.74 Å². The highest BCUT2D eigenvalue weighted by atomic mass is 16.5. The molecule has 2 amide bonds. The second-order valence-corrected chi connectivity index (χ2v) is 5.78. The first-order valence-corrected chi connectivity index (χ1v) is 8.33. The summed E-state index contributed by atoms with van der Waals surface area (Å²) in [5.74, 6) is 0.839. The van der Waals surface area contributed by atoms with Crippen LogP contribution in [0.5, 0.6) is 5.75 Å². The second-order valence-electron chi connectivity index (χ2n) is 5.78. The number of amides is 2. The monoisotopic (exact) mass is 318 g/mol. The van der Waals surface area contributed by atoms with E-state index in [9.17, 15) is 9.59 Å². The lowest BCUT2D eigenvalue weighted by Gasteiger charge is -2.34. The highest BCUT2D eigenvalue weighted by Crippen LogP contribution is 2.24. The van der Waals surface area contributed by atoms with Gasteiger partial charge in [-0.1, -0.05) is 12.1 Å². The molecule has 2 rings (SSSR count). The fourth-order valence-electron chi connectivity index (χ4n) is 3.11. The van der Waals surface area contributed by atoms with Gasteiger partial charge in [0, 0.05) is 32.1 Å². The van der Waals surface area contributed by atoms with Gasteiger partial charge in [-0.25, -0.2) is 0 Å². The minimum absolute atomic E-state index is 0.0174. The summed E-state index contributed by atoms with van der Waals surface area (Å²) in [6, 6.07) is 7.27. The Labute approximate surface area is 138 Å². The van der Waals surface area contributed by atoms with E-state index in [1.165, 1.54) is 0 Å². The van der Waals surface area contributed by atoms with Crippen LogP contribution in [0.15, 0.2) is 24.3 Å². The van der Waals surface area contributed by atoms with Gasteiger partial charge in [-0.2, -0.15) is 0 Å². The number of piperidine rings is 1. The molecular formula is C18H26N2O3. The Balaban J connectivity index is 1.99. The van der Waals surface area contributed by atoms with Crippen LogP contribution >= 0.6 is 0 Å². The van der Waals surface area contributed by atoms with Crippen molar-refractivity contribution in [1.29, 1.82) is 0 Å². The van der Waals surface area contributed by atoms with Gasteiger partial charge in [-0.3, -0.25) is 9.59 Å². The highest BCUT2D eigenvalue weighted by molar-refractivity contribution is 5.97. The highest BCUT2D eigenvalue weighted by Gasteiger charge is 2.30. The van der Waals surface area contributed by atoms with Crippen LogP contribution in [0.4, 0.5) is 0 Å². The van der Waals surface area contributed by atoms with Crippen molar-refractivity contribution in [3.63, 3.8) is 0 Å². The number of ether oxygens (including phenoxy) is 1. The van der Waals surface area contributed by atoms with Gasteiger partial charge in [0.05, 0.1) is 12.7 Å². The maximum Gasteiger partial charge on any atom is 0.257 e. The van der Waals surface area contributed by atoms with Crippen LogP contribution in [-0.4, -0.2) is 54.9 Å². The summed E-state index contributed by atoms with van der Waals surface area (Å²) in [7, 11) is 1.57. The van der Waals surface area contributed by atoms with Crippen molar-refractivity contribution in [2.24, 2.45) is 5.92 Å². The number of para-hydroxylation sites is 1. The molecule has 0 radical (unpaired) electrons. The molecule has 0 aromatic heterocycles. The molecule has 0 unspecified atom stereocenters.